The Hall–Kier alpha value is -2.99. The highest BCUT2D eigenvalue weighted by Gasteiger charge is 2.38. The van der Waals surface area contributed by atoms with Gasteiger partial charge in [-0.1, -0.05) is 68.8 Å². The van der Waals surface area contributed by atoms with Crippen LogP contribution in [0.1, 0.15) is 51.8 Å². The fourth-order valence-corrected chi connectivity index (χ4v) is 3.97. The van der Waals surface area contributed by atoms with E-state index in [2.05, 4.69) is 26.1 Å². The number of benzene rings is 2. The number of esters is 1. The average molecular weight is 471 g/mol. The molecule has 0 bridgehead atoms. The second kappa shape index (κ2) is 10.3. The van der Waals surface area contributed by atoms with E-state index in [4.69, 9.17) is 21.1 Å². The van der Waals surface area contributed by atoms with Crippen molar-refractivity contribution in [3.63, 3.8) is 0 Å². The van der Waals surface area contributed by atoms with Crippen LogP contribution in [-0.2, 0) is 14.9 Å². The van der Waals surface area contributed by atoms with Crippen LogP contribution in [0.2, 0.25) is 5.02 Å². The van der Waals surface area contributed by atoms with Crippen LogP contribution in [0.25, 0.3) is 0 Å². The number of likely N-dealkylation sites (N-methyl/N-ethyl adjacent to an activating group) is 1. The number of hydrogen-bond donors (Lipinski definition) is 1. The molecule has 2 aromatic rings. The number of para-hydroxylation sites is 1. The lowest BCUT2D eigenvalue weighted by atomic mass is 9.85. The molecule has 1 aliphatic heterocycles. The Balaban J connectivity index is 2.07. The predicted molar refractivity (Wildman–Crippen MR) is 129 cm³/mol. The third kappa shape index (κ3) is 5.50. The molecule has 0 saturated heterocycles. The zero-order valence-corrected chi connectivity index (χ0v) is 20.5. The SMILES string of the molecule is CCOC(=O)C1=C(COc2ccccc2Cl)N(CC)C(=O)N[C@H]1c1ccc(C(C)(C)C)cc1. The number of ether oxygens (including phenoxy) is 2. The summed E-state index contributed by atoms with van der Waals surface area (Å²) in [5.41, 5.74) is 2.76. The van der Waals surface area contributed by atoms with Crippen molar-refractivity contribution < 1.29 is 19.1 Å². The van der Waals surface area contributed by atoms with Gasteiger partial charge in [-0.15, -0.1) is 0 Å². The summed E-state index contributed by atoms with van der Waals surface area (Å²) in [6.45, 7) is 10.6. The van der Waals surface area contributed by atoms with Gasteiger partial charge in [0.05, 0.1) is 28.9 Å². The van der Waals surface area contributed by atoms with Crippen molar-refractivity contribution in [2.45, 2.75) is 46.1 Å². The van der Waals surface area contributed by atoms with Crippen molar-refractivity contribution in [3.8, 4) is 5.75 Å². The molecular formula is C26H31ClN2O4. The van der Waals surface area contributed by atoms with Crippen molar-refractivity contribution >= 4 is 23.6 Å². The summed E-state index contributed by atoms with van der Waals surface area (Å²) in [6.07, 6.45) is 0. The number of amides is 2. The van der Waals surface area contributed by atoms with Gasteiger partial charge in [-0.2, -0.15) is 0 Å². The van der Waals surface area contributed by atoms with E-state index < -0.39 is 12.0 Å². The number of nitrogens with zero attached hydrogens (tertiary/aromatic N) is 1. The van der Waals surface area contributed by atoms with Crippen LogP contribution in [0.3, 0.4) is 0 Å². The number of urea groups is 1. The van der Waals surface area contributed by atoms with Gasteiger partial charge >= 0.3 is 12.0 Å². The van der Waals surface area contributed by atoms with E-state index in [-0.39, 0.29) is 24.7 Å². The first-order chi connectivity index (χ1) is 15.7. The Morgan fingerprint density at radius 1 is 1.09 bits per heavy atom. The van der Waals surface area contributed by atoms with Gasteiger partial charge in [0.2, 0.25) is 0 Å². The molecular weight excluding hydrogens is 440 g/mol. The van der Waals surface area contributed by atoms with E-state index in [0.29, 0.717) is 28.6 Å². The first-order valence-electron chi connectivity index (χ1n) is 11.1. The highest BCUT2D eigenvalue weighted by molar-refractivity contribution is 6.32. The summed E-state index contributed by atoms with van der Waals surface area (Å²) in [5.74, 6) is -0.0124. The fourth-order valence-electron chi connectivity index (χ4n) is 3.78. The van der Waals surface area contributed by atoms with Crippen LogP contribution in [0.4, 0.5) is 4.79 Å². The number of nitrogens with one attached hydrogen (secondary N) is 1. The topological polar surface area (TPSA) is 67.9 Å². The zero-order chi connectivity index (χ0) is 24.2. The molecule has 176 valence electrons. The monoisotopic (exact) mass is 470 g/mol. The Kier molecular flexibility index (Phi) is 7.69. The largest absolute Gasteiger partial charge is 0.486 e. The molecule has 6 nitrogen and oxygen atoms in total. The second-order valence-electron chi connectivity index (χ2n) is 8.80. The van der Waals surface area contributed by atoms with Crippen LogP contribution in [0, 0.1) is 0 Å². The van der Waals surface area contributed by atoms with E-state index in [0.717, 1.165) is 11.1 Å². The normalized spacial score (nSPS) is 16.5. The number of hydrogen-bond acceptors (Lipinski definition) is 4. The molecule has 1 heterocycles. The highest BCUT2D eigenvalue weighted by Crippen LogP contribution is 2.34. The number of rotatable bonds is 7. The lowest BCUT2D eigenvalue weighted by Crippen LogP contribution is -2.49. The first kappa shape index (κ1) is 24.6. The lowest BCUT2D eigenvalue weighted by molar-refractivity contribution is -0.139. The highest BCUT2D eigenvalue weighted by atomic mass is 35.5. The predicted octanol–water partition coefficient (Wildman–Crippen LogP) is 5.62. The Morgan fingerprint density at radius 2 is 1.76 bits per heavy atom. The molecule has 0 unspecified atom stereocenters. The molecule has 0 aliphatic carbocycles. The molecule has 0 spiro atoms. The van der Waals surface area contributed by atoms with Gasteiger partial charge in [0, 0.05) is 6.54 Å². The van der Waals surface area contributed by atoms with Gasteiger partial charge in [-0.05, 0) is 42.5 Å². The van der Waals surface area contributed by atoms with Crippen molar-refractivity contribution in [3.05, 3.63) is 76.0 Å². The minimum Gasteiger partial charge on any atom is -0.486 e. The molecule has 1 N–H and O–H groups in total. The van der Waals surface area contributed by atoms with E-state index in [1.54, 1.807) is 19.1 Å². The third-order valence-electron chi connectivity index (χ3n) is 5.56. The smallest absolute Gasteiger partial charge is 0.338 e. The maximum Gasteiger partial charge on any atom is 0.338 e. The standard InChI is InChI=1S/C26H31ClN2O4/c1-6-29-20(16-33-21-11-9-8-10-19(21)27)22(24(30)32-7-2)23(28-25(29)31)17-12-14-18(15-13-17)26(3,4)5/h8-15,23H,6-7,16H2,1-5H3,(H,28,31)/t23-/m0/s1. The van der Waals surface area contributed by atoms with Crippen molar-refractivity contribution in [2.75, 3.05) is 19.8 Å². The average Bonchev–Trinajstić information content (AvgIpc) is 2.77. The van der Waals surface area contributed by atoms with Crippen LogP contribution in [0.15, 0.2) is 59.8 Å². The number of carbonyl (C=O) groups excluding carboxylic acids is 2. The molecule has 0 aromatic heterocycles. The van der Waals surface area contributed by atoms with E-state index in [9.17, 15) is 9.59 Å². The maximum atomic E-state index is 13.1. The minimum absolute atomic E-state index is 0.00425. The first-order valence-corrected chi connectivity index (χ1v) is 11.5. The van der Waals surface area contributed by atoms with E-state index in [1.807, 2.05) is 43.3 Å². The van der Waals surface area contributed by atoms with Crippen LogP contribution in [-0.4, -0.2) is 36.7 Å². The molecule has 0 radical (unpaired) electrons. The molecule has 2 amide bonds. The lowest BCUT2D eigenvalue weighted by Gasteiger charge is -2.36. The molecule has 33 heavy (non-hydrogen) atoms. The summed E-state index contributed by atoms with van der Waals surface area (Å²) in [7, 11) is 0. The summed E-state index contributed by atoms with van der Waals surface area (Å²) >= 11 is 6.24. The van der Waals surface area contributed by atoms with E-state index in [1.165, 1.54) is 4.90 Å². The Morgan fingerprint density at radius 3 is 2.33 bits per heavy atom. The minimum atomic E-state index is -0.654. The summed E-state index contributed by atoms with van der Waals surface area (Å²) in [6, 6.07) is 14.1. The molecule has 3 rings (SSSR count). The fraction of sp³-hybridized carbons (Fsp3) is 0.385. The molecule has 0 fully saturated rings. The van der Waals surface area contributed by atoms with Crippen LogP contribution < -0.4 is 10.1 Å². The summed E-state index contributed by atoms with van der Waals surface area (Å²) in [4.78, 5) is 27.6. The Labute approximate surface area is 200 Å². The van der Waals surface area contributed by atoms with E-state index >= 15 is 0 Å². The van der Waals surface area contributed by atoms with Gasteiger partial charge in [-0.3, -0.25) is 4.90 Å². The van der Waals surface area contributed by atoms with Crippen molar-refractivity contribution in [2.24, 2.45) is 0 Å². The molecule has 7 heteroatoms. The zero-order valence-electron chi connectivity index (χ0n) is 19.8. The quantitative estimate of drug-likeness (QED) is 0.533. The van der Waals surface area contributed by atoms with Gasteiger partial charge in [0.15, 0.2) is 0 Å². The van der Waals surface area contributed by atoms with Gasteiger partial charge < -0.3 is 14.8 Å². The van der Waals surface area contributed by atoms with Gasteiger partial charge in [0.1, 0.15) is 12.4 Å². The summed E-state index contributed by atoms with van der Waals surface area (Å²) < 4.78 is 11.3. The third-order valence-corrected chi connectivity index (χ3v) is 5.87. The van der Waals surface area contributed by atoms with Crippen LogP contribution >= 0.6 is 11.6 Å². The Bertz CT molecular complexity index is 1040. The van der Waals surface area contributed by atoms with Crippen molar-refractivity contribution in [1.82, 2.24) is 10.2 Å². The maximum absolute atomic E-state index is 13.1. The number of carbonyl (C=O) groups is 2. The van der Waals surface area contributed by atoms with Crippen LogP contribution in [0.5, 0.6) is 5.75 Å². The molecule has 1 atom stereocenters. The second-order valence-corrected chi connectivity index (χ2v) is 9.21. The van der Waals surface area contributed by atoms with Gasteiger partial charge in [0.25, 0.3) is 0 Å². The van der Waals surface area contributed by atoms with Gasteiger partial charge in [-0.25, -0.2) is 9.59 Å². The molecule has 2 aromatic carbocycles. The number of halogens is 1. The van der Waals surface area contributed by atoms with Crippen molar-refractivity contribution in [1.29, 1.82) is 0 Å². The molecule has 1 aliphatic rings. The molecule has 0 saturated carbocycles. The summed E-state index contributed by atoms with van der Waals surface area (Å²) in [5, 5.41) is 3.42.